The number of alkyl carbamates (subject to hydrolysis) is 1. The molecule has 12 heteroatoms. The molecule has 0 unspecified atom stereocenters. The smallest absolute Gasteiger partial charge is 0.408 e. The fourth-order valence-corrected chi connectivity index (χ4v) is 5.27. The number of nitrogens with one attached hydrogen (secondary N) is 2. The molecule has 2 aliphatic rings. The standard InChI is InChI=1S/C32H40FN5O6/c1-30(2,3)44-29(42)35-31(4,5)27(40)34-24(19-43-23-14-12-22(33)13-15-23)26(39)38-17-16-25-32(20-38,28(41)37(6)36-25)18-21-10-8-7-9-11-21/h7-15,24H,16-20H2,1-6H3,(H,34,40)(H,35,42)/t24-,32-/m1/s1. The lowest BCUT2D eigenvalue weighted by Crippen LogP contribution is -2.63. The van der Waals surface area contributed by atoms with Gasteiger partial charge in [-0.15, -0.1) is 0 Å². The van der Waals surface area contributed by atoms with Crippen molar-refractivity contribution in [3.63, 3.8) is 0 Å². The topological polar surface area (TPSA) is 130 Å². The Hall–Kier alpha value is -4.48. The van der Waals surface area contributed by atoms with E-state index >= 15 is 0 Å². The van der Waals surface area contributed by atoms with Gasteiger partial charge in [0.05, 0.1) is 5.71 Å². The number of ether oxygens (including phenoxy) is 2. The molecule has 1 fully saturated rings. The maximum Gasteiger partial charge on any atom is 0.408 e. The summed E-state index contributed by atoms with van der Waals surface area (Å²) in [5, 5.41) is 11.1. The number of likely N-dealkylation sites (tertiary alicyclic amines) is 1. The van der Waals surface area contributed by atoms with Gasteiger partial charge in [-0.25, -0.2) is 14.2 Å². The molecule has 2 heterocycles. The van der Waals surface area contributed by atoms with Crippen molar-refractivity contribution in [3.05, 3.63) is 66.0 Å². The van der Waals surface area contributed by atoms with Gasteiger partial charge >= 0.3 is 6.09 Å². The van der Waals surface area contributed by atoms with E-state index in [2.05, 4.69) is 15.7 Å². The SMILES string of the molecule is CN1N=C2CCN(C(=O)[C@@H](COc3ccc(F)cc3)NC(=O)C(C)(C)NC(=O)OC(C)(C)C)C[C@@]2(Cc2ccccc2)C1=O. The van der Waals surface area contributed by atoms with E-state index in [1.165, 1.54) is 43.1 Å². The number of hydrazone groups is 1. The molecule has 2 aromatic carbocycles. The van der Waals surface area contributed by atoms with Crippen LogP contribution in [0.2, 0.25) is 0 Å². The fourth-order valence-electron chi connectivity index (χ4n) is 5.27. The lowest BCUT2D eigenvalue weighted by molar-refractivity contribution is -0.143. The van der Waals surface area contributed by atoms with Crippen molar-refractivity contribution in [1.29, 1.82) is 0 Å². The minimum atomic E-state index is -1.46. The zero-order valence-electron chi connectivity index (χ0n) is 26.0. The van der Waals surface area contributed by atoms with E-state index in [1.807, 2.05) is 30.3 Å². The second kappa shape index (κ2) is 12.6. The van der Waals surface area contributed by atoms with Crippen molar-refractivity contribution in [1.82, 2.24) is 20.5 Å². The Balaban J connectivity index is 1.57. The average molecular weight is 610 g/mol. The molecular formula is C32H40FN5O6. The molecule has 1 saturated heterocycles. The summed E-state index contributed by atoms with van der Waals surface area (Å²) in [6.07, 6.45) is -0.0623. The van der Waals surface area contributed by atoms with Crippen molar-refractivity contribution in [2.75, 3.05) is 26.7 Å². The minimum Gasteiger partial charge on any atom is -0.491 e. The summed E-state index contributed by atoms with van der Waals surface area (Å²) in [7, 11) is 1.60. The molecule has 11 nitrogen and oxygen atoms in total. The number of hydrogen-bond acceptors (Lipinski definition) is 7. The van der Waals surface area contributed by atoms with Gasteiger partial charge in [-0.2, -0.15) is 5.10 Å². The Morgan fingerprint density at radius 2 is 1.70 bits per heavy atom. The lowest BCUT2D eigenvalue weighted by atomic mass is 9.73. The molecule has 2 aliphatic heterocycles. The summed E-state index contributed by atoms with van der Waals surface area (Å²) in [5.41, 5.74) is -1.65. The highest BCUT2D eigenvalue weighted by Gasteiger charge is 2.54. The molecule has 0 radical (unpaired) electrons. The number of halogens is 1. The first kappa shape index (κ1) is 32.4. The average Bonchev–Trinajstić information content (AvgIpc) is 3.19. The minimum absolute atomic E-state index is 0.0607. The normalized spacial score (nSPS) is 19.1. The quantitative estimate of drug-likeness (QED) is 0.449. The van der Waals surface area contributed by atoms with E-state index in [0.29, 0.717) is 24.3 Å². The Kier molecular flexibility index (Phi) is 9.31. The molecule has 2 aromatic rings. The number of rotatable bonds is 9. The van der Waals surface area contributed by atoms with E-state index in [1.54, 1.807) is 32.7 Å². The zero-order valence-corrected chi connectivity index (χ0v) is 26.0. The second-order valence-corrected chi connectivity index (χ2v) is 12.7. The first-order valence-corrected chi connectivity index (χ1v) is 14.5. The highest BCUT2D eigenvalue weighted by Crippen LogP contribution is 2.38. The molecule has 0 saturated carbocycles. The fraction of sp³-hybridized carbons (Fsp3) is 0.469. The molecule has 0 spiro atoms. The van der Waals surface area contributed by atoms with Crippen LogP contribution in [-0.2, 0) is 25.5 Å². The zero-order chi connectivity index (χ0) is 32.3. The summed E-state index contributed by atoms with van der Waals surface area (Å²) in [5.74, 6) is -1.49. The summed E-state index contributed by atoms with van der Waals surface area (Å²) in [6, 6.07) is 13.6. The van der Waals surface area contributed by atoms with Crippen LogP contribution in [0, 0.1) is 11.2 Å². The van der Waals surface area contributed by atoms with Crippen LogP contribution in [0.3, 0.4) is 0 Å². The highest BCUT2D eigenvalue weighted by atomic mass is 19.1. The van der Waals surface area contributed by atoms with Crippen molar-refractivity contribution < 1.29 is 33.0 Å². The molecule has 2 atom stereocenters. The maximum absolute atomic E-state index is 14.1. The Morgan fingerprint density at radius 1 is 1.05 bits per heavy atom. The van der Waals surface area contributed by atoms with Crippen molar-refractivity contribution in [3.8, 4) is 5.75 Å². The molecular weight excluding hydrogens is 569 g/mol. The molecule has 44 heavy (non-hydrogen) atoms. The van der Waals surface area contributed by atoms with Gasteiger partial charge in [0.2, 0.25) is 11.8 Å². The van der Waals surface area contributed by atoms with E-state index in [0.717, 1.165) is 5.56 Å². The van der Waals surface area contributed by atoms with Gasteiger partial charge in [0.25, 0.3) is 5.91 Å². The third-order valence-corrected chi connectivity index (χ3v) is 7.48. The van der Waals surface area contributed by atoms with Gasteiger partial charge in [0, 0.05) is 26.6 Å². The van der Waals surface area contributed by atoms with Gasteiger partial charge in [0.15, 0.2) is 0 Å². The van der Waals surface area contributed by atoms with Crippen molar-refractivity contribution in [2.45, 2.75) is 64.6 Å². The van der Waals surface area contributed by atoms with E-state index in [4.69, 9.17) is 9.47 Å². The monoisotopic (exact) mass is 609 g/mol. The lowest BCUT2D eigenvalue weighted by Gasteiger charge is -2.41. The molecule has 0 aliphatic carbocycles. The number of carbonyl (C=O) groups excluding carboxylic acids is 4. The predicted octanol–water partition coefficient (Wildman–Crippen LogP) is 3.28. The number of nitrogens with zero attached hydrogens (tertiary/aromatic N) is 3. The summed E-state index contributed by atoms with van der Waals surface area (Å²) in [6.45, 7) is 8.13. The first-order valence-electron chi connectivity index (χ1n) is 14.5. The molecule has 236 valence electrons. The van der Waals surface area contributed by atoms with Crippen LogP contribution in [0.5, 0.6) is 5.75 Å². The number of amides is 4. The Bertz CT molecular complexity index is 1420. The Morgan fingerprint density at radius 3 is 2.34 bits per heavy atom. The van der Waals surface area contributed by atoms with Crippen LogP contribution in [0.1, 0.15) is 46.6 Å². The number of benzene rings is 2. The van der Waals surface area contributed by atoms with Crippen LogP contribution in [-0.4, -0.2) is 83.4 Å². The summed E-state index contributed by atoms with van der Waals surface area (Å²) < 4.78 is 24.6. The highest BCUT2D eigenvalue weighted by molar-refractivity contribution is 6.13. The third kappa shape index (κ3) is 7.53. The molecule has 0 bridgehead atoms. The van der Waals surface area contributed by atoms with E-state index < -0.39 is 46.3 Å². The van der Waals surface area contributed by atoms with E-state index in [-0.39, 0.29) is 25.6 Å². The van der Waals surface area contributed by atoms with Gasteiger partial charge in [0.1, 0.15) is 40.8 Å². The first-order chi connectivity index (χ1) is 20.6. The molecule has 4 rings (SSSR count). The van der Waals surface area contributed by atoms with Gasteiger partial charge < -0.3 is 25.0 Å². The van der Waals surface area contributed by atoms with Gasteiger partial charge in [-0.3, -0.25) is 14.4 Å². The third-order valence-electron chi connectivity index (χ3n) is 7.48. The van der Waals surface area contributed by atoms with Crippen LogP contribution in [0.15, 0.2) is 59.7 Å². The van der Waals surface area contributed by atoms with Crippen LogP contribution >= 0.6 is 0 Å². The summed E-state index contributed by atoms with van der Waals surface area (Å²) in [4.78, 5) is 55.1. The second-order valence-electron chi connectivity index (χ2n) is 12.7. The Labute approximate surface area is 256 Å². The van der Waals surface area contributed by atoms with Crippen molar-refractivity contribution in [2.24, 2.45) is 10.5 Å². The van der Waals surface area contributed by atoms with Crippen molar-refractivity contribution >= 4 is 29.5 Å². The summed E-state index contributed by atoms with van der Waals surface area (Å²) >= 11 is 0. The molecule has 2 N–H and O–H groups in total. The maximum atomic E-state index is 14.1. The van der Waals surface area contributed by atoms with E-state index in [9.17, 15) is 23.6 Å². The van der Waals surface area contributed by atoms with Gasteiger partial charge in [-0.1, -0.05) is 30.3 Å². The number of fused-ring (bicyclic) bond motifs is 1. The molecule has 0 aromatic heterocycles. The van der Waals surface area contributed by atoms with Gasteiger partial charge in [-0.05, 0) is 70.9 Å². The number of carbonyl (C=O) groups is 4. The largest absolute Gasteiger partial charge is 0.491 e. The van der Waals surface area contributed by atoms with Crippen LogP contribution in [0.25, 0.3) is 0 Å². The number of piperidine rings is 1. The predicted molar refractivity (Wildman–Crippen MR) is 161 cm³/mol. The van der Waals surface area contributed by atoms with Crippen LogP contribution < -0.4 is 15.4 Å². The van der Waals surface area contributed by atoms with Crippen LogP contribution in [0.4, 0.5) is 9.18 Å². The molecule has 4 amide bonds. The number of hydrogen-bond donors (Lipinski definition) is 2.